The largest absolute Gasteiger partial charge is 0.465 e. The summed E-state index contributed by atoms with van der Waals surface area (Å²) in [5, 5.41) is 11.1. The molecule has 1 aliphatic heterocycles. The first-order valence-electron chi connectivity index (χ1n) is 9.71. The zero-order valence-electron chi connectivity index (χ0n) is 17.0. The minimum absolute atomic E-state index is 0.0344. The zero-order valence-corrected chi connectivity index (χ0v) is 17.0. The van der Waals surface area contributed by atoms with E-state index in [4.69, 9.17) is 19.3 Å². The third-order valence-corrected chi connectivity index (χ3v) is 4.67. The number of esters is 1. The van der Waals surface area contributed by atoms with Crippen molar-refractivity contribution in [2.75, 3.05) is 19.8 Å². The summed E-state index contributed by atoms with van der Waals surface area (Å²) in [6.45, 7) is 8.75. The summed E-state index contributed by atoms with van der Waals surface area (Å²) in [7, 11) is 0. The van der Waals surface area contributed by atoms with Gasteiger partial charge < -0.3 is 24.6 Å². The highest BCUT2D eigenvalue weighted by Gasteiger charge is 2.35. The molecule has 0 saturated carbocycles. The number of aryl methyl sites for hydroxylation is 1. The first kappa shape index (κ1) is 22.2. The lowest BCUT2D eigenvalue weighted by Gasteiger charge is -2.31. The molecule has 1 fully saturated rings. The summed E-state index contributed by atoms with van der Waals surface area (Å²) in [4.78, 5) is 23.3. The van der Waals surface area contributed by atoms with E-state index in [0.29, 0.717) is 25.6 Å². The second-order valence-corrected chi connectivity index (χ2v) is 7.82. The topological polar surface area (TPSA) is 94.1 Å². The van der Waals surface area contributed by atoms with Crippen molar-refractivity contribution in [1.82, 2.24) is 5.32 Å². The predicted molar refractivity (Wildman–Crippen MR) is 104 cm³/mol. The number of amides is 1. The minimum Gasteiger partial charge on any atom is -0.465 e. The van der Waals surface area contributed by atoms with Crippen LogP contribution in [0.25, 0.3) is 0 Å². The Kier molecular flexibility index (Phi) is 8.26. The highest BCUT2D eigenvalue weighted by atomic mass is 16.6. The van der Waals surface area contributed by atoms with Gasteiger partial charge in [0, 0.05) is 12.5 Å². The van der Waals surface area contributed by atoms with Crippen LogP contribution in [0, 0.1) is 18.8 Å². The smallest absolute Gasteiger partial charge is 0.405 e. The molecule has 4 atom stereocenters. The van der Waals surface area contributed by atoms with E-state index in [1.165, 1.54) is 5.56 Å². The van der Waals surface area contributed by atoms with Crippen molar-refractivity contribution in [2.24, 2.45) is 11.8 Å². The maximum absolute atomic E-state index is 12.4. The van der Waals surface area contributed by atoms with Gasteiger partial charge in [-0.05, 0) is 31.7 Å². The Morgan fingerprint density at radius 3 is 2.57 bits per heavy atom. The third kappa shape index (κ3) is 6.80. The molecule has 0 aliphatic carbocycles. The van der Waals surface area contributed by atoms with Crippen molar-refractivity contribution in [1.29, 1.82) is 0 Å². The Labute approximate surface area is 166 Å². The normalized spacial score (nSPS) is 26.1. The summed E-state index contributed by atoms with van der Waals surface area (Å²) in [5.41, 5.74) is 2.34. The number of nitrogens with one attached hydrogen (secondary N) is 1. The fourth-order valence-electron chi connectivity index (χ4n) is 3.24. The molecule has 0 spiro atoms. The monoisotopic (exact) mass is 393 g/mol. The first-order valence-corrected chi connectivity index (χ1v) is 9.71. The van der Waals surface area contributed by atoms with Crippen LogP contribution in [0.3, 0.4) is 0 Å². The number of carbonyl (C=O) groups excluding carboxylic acids is 1. The highest BCUT2D eigenvalue weighted by Crippen LogP contribution is 2.23. The second kappa shape index (κ2) is 10.4. The van der Waals surface area contributed by atoms with Crippen molar-refractivity contribution < 1.29 is 28.9 Å². The summed E-state index contributed by atoms with van der Waals surface area (Å²) in [6, 6.07) is 7.22. The predicted octanol–water partition coefficient (Wildman–Crippen LogP) is 2.79. The van der Waals surface area contributed by atoms with E-state index in [2.05, 4.69) is 43.4 Å². The van der Waals surface area contributed by atoms with Gasteiger partial charge in [-0.15, -0.1) is 0 Å². The molecule has 2 rings (SSSR count). The van der Waals surface area contributed by atoms with Gasteiger partial charge in [0.2, 0.25) is 0 Å². The molecule has 0 aromatic heterocycles. The van der Waals surface area contributed by atoms with Crippen molar-refractivity contribution in [2.45, 2.75) is 52.4 Å². The lowest BCUT2D eigenvalue weighted by molar-refractivity contribution is -0.161. The molecule has 1 aliphatic rings. The molecule has 156 valence electrons. The number of carbonyl (C=O) groups is 2. The second-order valence-electron chi connectivity index (χ2n) is 7.82. The Hall–Kier alpha value is -2.12. The van der Waals surface area contributed by atoms with E-state index >= 15 is 0 Å². The van der Waals surface area contributed by atoms with Gasteiger partial charge in [0.25, 0.3) is 0 Å². The van der Waals surface area contributed by atoms with Gasteiger partial charge in [0.1, 0.15) is 6.10 Å². The van der Waals surface area contributed by atoms with E-state index in [0.717, 1.165) is 5.56 Å². The van der Waals surface area contributed by atoms with Crippen LogP contribution in [0.5, 0.6) is 0 Å². The quantitative estimate of drug-likeness (QED) is 0.722. The SMILES string of the molecule is Cc1ccc(C[C@H]2COC[C@H](NC(=O)O)C(=O)O[C@@H](C)[C@@H]2OCC(C)C)cc1. The summed E-state index contributed by atoms with van der Waals surface area (Å²) >= 11 is 0. The van der Waals surface area contributed by atoms with Crippen LogP contribution < -0.4 is 5.32 Å². The van der Waals surface area contributed by atoms with Crippen LogP contribution in [0.4, 0.5) is 4.79 Å². The van der Waals surface area contributed by atoms with Gasteiger partial charge in [0.05, 0.1) is 19.3 Å². The maximum Gasteiger partial charge on any atom is 0.405 e. The van der Waals surface area contributed by atoms with Crippen LogP contribution in [-0.4, -0.2) is 55.2 Å². The molecule has 1 aromatic carbocycles. The van der Waals surface area contributed by atoms with Crippen molar-refractivity contribution in [3.8, 4) is 0 Å². The summed E-state index contributed by atoms with van der Waals surface area (Å²) < 4.78 is 17.4. The number of rotatable bonds is 6. The fourth-order valence-corrected chi connectivity index (χ4v) is 3.24. The number of hydrogen-bond acceptors (Lipinski definition) is 5. The molecule has 7 heteroatoms. The number of cyclic esters (lactones) is 1. The number of hydrogen-bond donors (Lipinski definition) is 2. The molecule has 1 saturated heterocycles. The molecule has 0 radical (unpaired) electrons. The Morgan fingerprint density at radius 1 is 1.29 bits per heavy atom. The van der Waals surface area contributed by atoms with Crippen molar-refractivity contribution >= 4 is 12.1 Å². The average Bonchev–Trinajstić information content (AvgIpc) is 2.65. The zero-order chi connectivity index (χ0) is 20.7. The Balaban J connectivity index is 2.20. The Morgan fingerprint density at radius 2 is 1.96 bits per heavy atom. The number of benzene rings is 1. The van der Waals surface area contributed by atoms with Gasteiger partial charge in [-0.25, -0.2) is 9.59 Å². The highest BCUT2D eigenvalue weighted by molar-refractivity contribution is 5.81. The summed E-state index contributed by atoms with van der Waals surface area (Å²) in [5.74, 6) is -0.352. The van der Waals surface area contributed by atoms with Crippen LogP contribution in [0.1, 0.15) is 31.9 Å². The van der Waals surface area contributed by atoms with Gasteiger partial charge in [-0.1, -0.05) is 43.7 Å². The molecule has 0 unspecified atom stereocenters. The van der Waals surface area contributed by atoms with Crippen LogP contribution in [-0.2, 0) is 25.4 Å². The first-order chi connectivity index (χ1) is 13.3. The number of carboxylic acid groups (broad SMARTS) is 1. The van der Waals surface area contributed by atoms with E-state index in [1.54, 1.807) is 6.92 Å². The van der Waals surface area contributed by atoms with E-state index in [9.17, 15) is 9.59 Å². The van der Waals surface area contributed by atoms with E-state index in [-0.39, 0.29) is 18.6 Å². The lowest BCUT2D eigenvalue weighted by atomic mass is 9.91. The molecule has 7 nitrogen and oxygen atoms in total. The minimum atomic E-state index is -1.29. The fraction of sp³-hybridized carbons (Fsp3) is 0.619. The average molecular weight is 393 g/mol. The molecular formula is C21H31NO6. The van der Waals surface area contributed by atoms with Crippen LogP contribution >= 0.6 is 0 Å². The molecule has 0 bridgehead atoms. The van der Waals surface area contributed by atoms with Crippen LogP contribution in [0.2, 0.25) is 0 Å². The van der Waals surface area contributed by atoms with Crippen molar-refractivity contribution in [3.63, 3.8) is 0 Å². The summed E-state index contributed by atoms with van der Waals surface area (Å²) in [6.07, 6.45) is -1.46. The maximum atomic E-state index is 12.4. The Bertz CT molecular complexity index is 645. The lowest BCUT2D eigenvalue weighted by Crippen LogP contribution is -2.46. The number of ether oxygens (including phenoxy) is 3. The van der Waals surface area contributed by atoms with E-state index < -0.39 is 24.2 Å². The van der Waals surface area contributed by atoms with Gasteiger partial charge in [-0.2, -0.15) is 0 Å². The van der Waals surface area contributed by atoms with Gasteiger partial charge >= 0.3 is 12.1 Å². The van der Waals surface area contributed by atoms with E-state index in [1.807, 2.05) is 6.92 Å². The standard InChI is InChI=1S/C21H31NO6/c1-13(2)10-27-19-15(4)28-20(23)18(22-21(24)25)12-26-11-17(19)9-16-7-5-14(3)6-8-16/h5-8,13,15,17-19,22H,9-12H2,1-4H3,(H,24,25)/t15-,17-,18-,19-/m0/s1. The third-order valence-electron chi connectivity index (χ3n) is 4.67. The molecule has 1 heterocycles. The van der Waals surface area contributed by atoms with Crippen molar-refractivity contribution in [3.05, 3.63) is 35.4 Å². The van der Waals surface area contributed by atoms with Crippen LogP contribution in [0.15, 0.2) is 24.3 Å². The van der Waals surface area contributed by atoms with Gasteiger partial charge in [-0.3, -0.25) is 0 Å². The molecule has 1 amide bonds. The molecule has 2 N–H and O–H groups in total. The molecule has 1 aromatic rings. The van der Waals surface area contributed by atoms with Gasteiger partial charge in [0.15, 0.2) is 6.04 Å². The molecule has 28 heavy (non-hydrogen) atoms. The molecular weight excluding hydrogens is 362 g/mol.